The molecule has 2 rings (SSSR count). The first-order valence-corrected chi connectivity index (χ1v) is 5.00. The van der Waals surface area contributed by atoms with Crippen LogP contribution in [0.2, 0.25) is 0 Å². The van der Waals surface area contributed by atoms with Gasteiger partial charge in [-0.25, -0.2) is 0 Å². The van der Waals surface area contributed by atoms with Crippen LogP contribution in [-0.2, 0) is 13.6 Å². The van der Waals surface area contributed by atoms with Crippen LogP contribution in [0.3, 0.4) is 0 Å². The molecule has 2 aromatic rings. The predicted molar refractivity (Wildman–Crippen MR) is 61.7 cm³/mol. The van der Waals surface area contributed by atoms with Gasteiger partial charge in [0.05, 0.1) is 11.6 Å². The molecule has 4 nitrogen and oxygen atoms in total. The molecule has 0 saturated carbocycles. The van der Waals surface area contributed by atoms with Gasteiger partial charge in [0.2, 0.25) is 0 Å². The summed E-state index contributed by atoms with van der Waals surface area (Å²) in [5.41, 5.74) is 1.81. The second-order valence-corrected chi connectivity index (χ2v) is 3.54. The Morgan fingerprint density at radius 2 is 2.06 bits per heavy atom. The molecule has 0 amide bonds. The topological polar surface area (TPSA) is 53.6 Å². The highest BCUT2D eigenvalue weighted by molar-refractivity contribution is 5.36. The summed E-state index contributed by atoms with van der Waals surface area (Å²) in [6.07, 6.45) is 1.89. The van der Waals surface area contributed by atoms with E-state index in [2.05, 4.69) is 16.5 Å². The third-order valence-electron chi connectivity index (χ3n) is 2.27. The Balaban J connectivity index is 1.97. The minimum Gasteiger partial charge on any atom is -0.365 e. The van der Waals surface area contributed by atoms with Crippen LogP contribution in [0.5, 0.6) is 0 Å². The van der Waals surface area contributed by atoms with Gasteiger partial charge in [-0.3, -0.25) is 4.68 Å². The number of anilines is 1. The maximum Gasteiger partial charge on any atom is 0.148 e. The molecule has 0 fully saturated rings. The highest BCUT2D eigenvalue weighted by Crippen LogP contribution is 2.07. The van der Waals surface area contributed by atoms with E-state index < -0.39 is 0 Å². The molecule has 16 heavy (non-hydrogen) atoms. The fraction of sp³-hybridized carbons (Fsp3) is 0.167. The number of hydrogen-bond acceptors (Lipinski definition) is 3. The molecular formula is C12H12N4. The SMILES string of the molecule is Cn1ccc(NCc2ccc(C#N)cc2)n1. The first-order chi connectivity index (χ1) is 7.78. The van der Waals surface area contributed by atoms with Crippen molar-refractivity contribution < 1.29 is 0 Å². The van der Waals surface area contributed by atoms with Gasteiger partial charge in [-0.1, -0.05) is 12.1 Å². The van der Waals surface area contributed by atoms with Gasteiger partial charge < -0.3 is 5.32 Å². The molecule has 0 radical (unpaired) electrons. The molecule has 0 aliphatic carbocycles. The molecule has 1 aromatic heterocycles. The third kappa shape index (κ3) is 2.39. The summed E-state index contributed by atoms with van der Waals surface area (Å²) in [6.45, 7) is 0.711. The highest BCUT2D eigenvalue weighted by atomic mass is 15.3. The van der Waals surface area contributed by atoms with Crippen LogP contribution in [0.15, 0.2) is 36.5 Å². The summed E-state index contributed by atoms with van der Waals surface area (Å²) < 4.78 is 1.75. The van der Waals surface area contributed by atoms with Crippen molar-refractivity contribution in [2.75, 3.05) is 5.32 Å². The highest BCUT2D eigenvalue weighted by Gasteiger charge is 1.97. The van der Waals surface area contributed by atoms with E-state index in [1.807, 2.05) is 43.6 Å². The maximum atomic E-state index is 8.66. The fourth-order valence-corrected chi connectivity index (χ4v) is 1.40. The number of benzene rings is 1. The summed E-state index contributed by atoms with van der Waals surface area (Å²) in [5, 5.41) is 16.1. The fourth-order valence-electron chi connectivity index (χ4n) is 1.40. The molecule has 0 saturated heterocycles. The van der Waals surface area contributed by atoms with E-state index in [9.17, 15) is 0 Å². The van der Waals surface area contributed by atoms with Gasteiger partial charge in [0.25, 0.3) is 0 Å². The quantitative estimate of drug-likeness (QED) is 0.845. The summed E-state index contributed by atoms with van der Waals surface area (Å²) in [7, 11) is 1.88. The van der Waals surface area contributed by atoms with Crippen LogP contribution in [-0.4, -0.2) is 9.78 Å². The molecule has 80 valence electrons. The average Bonchev–Trinajstić information content (AvgIpc) is 2.73. The van der Waals surface area contributed by atoms with Crippen molar-refractivity contribution in [2.45, 2.75) is 6.54 Å². The average molecular weight is 212 g/mol. The molecule has 1 heterocycles. The van der Waals surface area contributed by atoms with E-state index in [0.717, 1.165) is 11.4 Å². The normalized spacial score (nSPS) is 9.75. The zero-order valence-corrected chi connectivity index (χ0v) is 9.01. The van der Waals surface area contributed by atoms with Gasteiger partial charge in [-0.05, 0) is 17.7 Å². The summed E-state index contributed by atoms with van der Waals surface area (Å²) >= 11 is 0. The van der Waals surface area contributed by atoms with Crippen LogP contribution in [0, 0.1) is 11.3 Å². The Bertz CT molecular complexity index is 505. The largest absolute Gasteiger partial charge is 0.365 e. The van der Waals surface area contributed by atoms with Crippen molar-refractivity contribution in [1.82, 2.24) is 9.78 Å². The van der Waals surface area contributed by atoms with Gasteiger partial charge in [0.1, 0.15) is 5.82 Å². The number of aryl methyl sites for hydroxylation is 1. The molecule has 0 spiro atoms. The standard InChI is InChI=1S/C12H12N4/c1-16-7-6-12(15-16)14-9-11-4-2-10(8-13)3-5-11/h2-7H,9H2,1H3,(H,14,15). The molecule has 0 unspecified atom stereocenters. The van der Waals surface area contributed by atoms with Gasteiger partial charge in [-0.2, -0.15) is 10.4 Å². The molecule has 0 aliphatic rings. The van der Waals surface area contributed by atoms with Crippen LogP contribution in [0.4, 0.5) is 5.82 Å². The molecule has 0 aliphatic heterocycles. The van der Waals surface area contributed by atoms with E-state index in [4.69, 9.17) is 5.26 Å². The number of nitrogens with zero attached hydrogens (tertiary/aromatic N) is 3. The summed E-state index contributed by atoms with van der Waals surface area (Å²) in [6, 6.07) is 11.5. The monoisotopic (exact) mass is 212 g/mol. The zero-order chi connectivity index (χ0) is 11.4. The maximum absolute atomic E-state index is 8.66. The van der Waals surface area contributed by atoms with Crippen molar-refractivity contribution >= 4 is 5.82 Å². The van der Waals surface area contributed by atoms with Gasteiger partial charge in [0.15, 0.2) is 0 Å². The number of nitrogens with one attached hydrogen (secondary N) is 1. The number of nitriles is 1. The van der Waals surface area contributed by atoms with E-state index in [-0.39, 0.29) is 0 Å². The van der Waals surface area contributed by atoms with E-state index in [0.29, 0.717) is 12.1 Å². The number of hydrogen-bond donors (Lipinski definition) is 1. The third-order valence-corrected chi connectivity index (χ3v) is 2.27. The second-order valence-electron chi connectivity index (χ2n) is 3.54. The molecule has 0 bridgehead atoms. The smallest absolute Gasteiger partial charge is 0.148 e. The molecule has 4 heteroatoms. The summed E-state index contributed by atoms with van der Waals surface area (Å²) in [4.78, 5) is 0. The first-order valence-electron chi connectivity index (χ1n) is 5.00. The second kappa shape index (κ2) is 4.49. The Kier molecular flexibility index (Phi) is 2.88. The number of rotatable bonds is 3. The van der Waals surface area contributed by atoms with Crippen molar-refractivity contribution in [3.8, 4) is 6.07 Å². The first kappa shape index (κ1) is 10.2. The minimum atomic E-state index is 0.682. The number of aromatic nitrogens is 2. The van der Waals surface area contributed by atoms with Gasteiger partial charge >= 0.3 is 0 Å². The Hall–Kier alpha value is -2.28. The van der Waals surface area contributed by atoms with E-state index in [1.165, 1.54) is 0 Å². The zero-order valence-electron chi connectivity index (χ0n) is 9.01. The molecule has 1 N–H and O–H groups in total. The van der Waals surface area contributed by atoms with Crippen molar-refractivity contribution in [3.63, 3.8) is 0 Å². The van der Waals surface area contributed by atoms with Gasteiger partial charge in [-0.15, -0.1) is 0 Å². The molecule has 1 aromatic carbocycles. The Labute approximate surface area is 94.1 Å². The van der Waals surface area contributed by atoms with Crippen LogP contribution in [0.25, 0.3) is 0 Å². The minimum absolute atomic E-state index is 0.682. The van der Waals surface area contributed by atoms with Crippen molar-refractivity contribution in [2.24, 2.45) is 7.05 Å². The van der Waals surface area contributed by atoms with E-state index >= 15 is 0 Å². The summed E-state index contributed by atoms with van der Waals surface area (Å²) in [5.74, 6) is 0.854. The Morgan fingerprint density at radius 3 is 2.62 bits per heavy atom. The van der Waals surface area contributed by atoms with Crippen LogP contribution in [0.1, 0.15) is 11.1 Å². The Morgan fingerprint density at radius 1 is 1.31 bits per heavy atom. The van der Waals surface area contributed by atoms with Crippen LogP contribution >= 0.6 is 0 Å². The molecule has 0 atom stereocenters. The lowest BCUT2D eigenvalue weighted by Gasteiger charge is -2.02. The van der Waals surface area contributed by atoms with Gasteiger partial charge in [0, 0.05) is 25.9 Å². The van der Waals surface area contributed by atoms with E-state index in [1.54, 1.807) is 4.68 Å². The molecular weight excluding hydrogens is 200 g/mol. The lowest BCUT2D eigenvalue weighted by atomic mass is 10.1. The lowest BCUT2D eigenvalue weighted by molar-refractivity contribution is 0.768. The van der Waals surface area contributed by atoms with Crippen LogP contribution < -0.4 is 5.32 Å². The lowest BCUT2D eigenvalue weighted by Crippen LogP contribution is -2.00. The predicted octanol–water partition coefficient (Wildman–Crippen LogP) is 1.90. The van der Waals surface area contributed by atoms with Crippen molar-refractivity contribution in [3.05, 3.63) is 47.7 Å². The van der Waals surface area contributed by atoms with Crippen molar-refractivity contribution in [1.29, 1.82) is 5.26 Å².